The lowest BCUT2D eigenvalue weighted by Crippen LogP contribution is -1.98. The van der Waals surface area contributed by atoms with E-state index in [2.05, 4.69) is 4.98 Å². The van der Waals surface area contributed by atoms with Crippen LogP contribution in [0.1, 0.15) is 28.9 Å². The maximum Gasteiger partial charge on any atom is 0.163 e. The number of rotatable bonds is 3. The van der Waals surface area contributed by atoms with Crippen molar-refractivity contribution in [1.29, 1.82) is 5.26 Å². The summed E-state index contributed by atoms with van der Waals surface area (Å²) in [6.45, 7) is 1.94. The Morgan fingerprint density at radius 2 is 2.18 bits per heavy atom. The Hall–Kier alpha value is -2.21. The number of aromatic nitrogens is 1. The highest BCUT2D eigenvalue weighted by molar-refractivity contribution is 5.99. The summed E-state index contributed by atoms with van der Waals surface area (Å²) < 4.78 is 0. The quantitative estimate of drug-likeness (QED) is 0.753. The molecule has 0 aliphatic heterocycles. The molecule has 0 saturated heterocycles. The molecule has 3 nitrogen and oxygen atoms in total. The molecule has 1 aromatic carbocycles. The summed E-state index contributed by atoms with van der Waals surface area (Å²) in [5.74, 6) is 0.00836. The topological polar surface area (TPSA) is 53.8 Å². The van der Waals surface area contributed by atoms with Gasteiger partial charge >= 0.3 is 0 Å². The Bertz CT molecular complexity index is 611. The van der Waals surface area contributed by atoms with Crippen molar-refractivity contribution in [2.24, 2.45) is 0 Å². The van der Waals surface area contributed by atoms with Crippen molar-refractivity contribution >= 4 is 16.7 Å². The SMILES string of the molecule is Cc1ccc2cc(C(=O)CCC#N)ccc2n1. The van der Waals surface area contributed by atoms with Crippen LogP contribution in [0, 0.1) is 18.3 Å². The lowest BCUT2D eigenvalue weighted by Gasteiger charge is -2.02. The molecule has 0 aliphatic rings. The van der Waals surface area contributed by atoms with Crippen LogP contribution in [0.4, 0.5) is 0 Å². The molecule has 0 fully saturated rings. The van der Waals surface area contributed by atoms with Gasteiger partial charge in [0.15, 0.2) is 5.78 Å². The predicted molar refractivity (Wildman–Crippen MR) is 65.7 cm³/mol. The molecule has 2 rings (SSSR count). The number of aryl methyl sites for hydroxylation is 1. The van der Waals surface area contributed by atoms with Crippen LogP contribution in [-0.2, 0) is 0 Å². The van der Waals surface area contributed by atoms with Crippen molar-refractivity contribution in [3.63, 3.8) is 0 Å². The average Bonchev–Trinajstić information content (AvgIpc) is 2.35. The summed E-state index contributed by atoms with van der Waals surface area (Å²) in [5.41, 5.74) is 2.50. The zero-order valence-electron chi connectivity index (χ0n) is 9.60. The number of nitrogens with zero attached hydrogens (tertiary/aromatic N) is 2. The minimum atomic E-state index is 0.00836. The van der Waals surface area contributed by atoms with Gasteiger partial charge in [-0.1, -0.05) is 6.07 Å². The highest BCUT2D eigenvalue weighted by Gasteiger charge is 2.06. The summed E-state index contributed by atoms with van der Waals surface area (Å²) in [4.78, 5) is 16.1. The van der Waals surface area contributed by atoms with Crippen LogP contribution < -0.4 is 0 Å². The number of pyridine rings is 1. The van der Waals surface area contributed by atoms with Gasteiger partial charge in [0.25, 0.3) is 0 Å². The first-order valence-electron chi connectivity index (χ1n) is 5.48. The molecular formula is C14H12N2O. The Morgan fingerprint density at radius 3 is 2.94 bits per heavy atom. The van der Waals surface area contributed by atoms with Crippen LogP contribution in [0.2, 0.25) is 0 Å². The van der Waals surface area contributed by atoms with Gasteiger partial charge in [-0.3, -0.25) is 9.78 Å². The summed E-state index contributed by atoms with van der Waals surface area (Å²) in [5, 5.41) is 9.41. The number of nitriles is 1. The van der Waals surface area contributed by atoms with Gasteiger partial charge in [0, 0.05) is 29.5 Å². The molecule has 0 aliphatic carbocycles. The number of hydrogen-bond acceptors (Lipinski definition) is 3. The van der Waals surface area contributed by atoms with Crippen molar-refractivity contribution in [1.82, 2.24) is 4.98 Å². The zero-order chi connectivity index (χ0) is 12.3. The van der Waals surface area contributed by atoms with Crippen LogP contribution in [-0.4, -0.2) is 10.8 Å². The molecular weight excluding hydrogens is 212 g/mol. The van der Waals surface area contributed by atoms with Gasteiger partial charge in [0.1, 0.15) is 0 Å². The van der Waals surface area contributed by atoms with E-state index >= 15 is 0 Å². The average molecular weight is 224 g/mol. The van der Waals surface area contributed by atoms with Gasteiger partial charge in [0.05, 0.1) is 11.6 Å². The van der Waals surface area contributed by atoms with Crippen LogP contribution in [0.15, 0.2) is 30.3 Å². The second-order valence-electron chi connectivity index (χ2n) is 3.94. The summed E-state index contributed by atoms with van der Waals surface area (Å²) in [7, 11) is 0. The summed E-state index contributed by atoms with van der Waals surface area (Å²) in [6, 6.07) is 11.3. The standard InChI is InChI=1S/C14H12N2O/c1-10-4-5-11-9-12(6-7-13(11)16-10)14(17)3-2-8-15/h4-7,9H,2-3H2,1H3. The maximum absolute atomic E-state index is 11.7. The number of benzene rings is 1. The molecule has 84 valence electrons. The minimum absolute atomic E-state index is 0.00836. The van der Waals surface area contributed by atoms with E-state index in [4.69, 9.17) is 5.26 Å². The van der Waals surface area contributed by atoms with Gasteiger partial charge in [-0.15, -0.1) is 0 Å². The Kier molecular flexibility index (Phi) is 3.15. The molecule has 1 heterocycles. The minimum Gasteiger partial charge on any atom is -0.294 e. The summed E-state index contributed by atoms with van der Waals surface area (Å²) in [6.07, 6.45) is 0.546. The highest BCUT2D eigenvalue weighted by atomic mass is 16.1. The first-order valence-corrected chi connectivity index (χ1v) is 5.48. The highest BCUT2D eigenvalue weighted by Crippen LogP contribution is 2.16. The van der Waals surface area contributed by atoms with E-state index < -0.39 is 0 Å². The first kappa shape index (κ1) is 11.3. The molecule has 0 bridgehead atoms. The van der Waals surface area contributed by atoms with Crippen molar-refractivity contribution in [3.8, 4) is 6.07 Å². The molecule has 0 amide bonds. The smallest absolute Gasteiger partial charge is 0.163 e. The predicted octanol–water partition coefficient (Wildman–Crippen LogP) is 3.03. The van der Waals surface area contributed by atoms with E-state index in [1.165, 1.54) is 0 Å². The molecule has 17 heavy (non-hydrogen) atoms. The lowest BCUT2D eigenvalue weighted by atomic mass is 10.0. The molecule has 0 atom stereocenters. The van der Waals surface area contributed by atoms with Crippen molar-refractivity contribution in [2.45, 2.75) is 19.8 Å². The van der Waals surface area contributed by atoms with Crippen molar-refractivity contribution < 1.29 is 4.79 Å². The number of Topliss-reactive ketones (excluding diaryl/α,β-unsaturated/α-hetero) is 1. The van der Waals surface area contributed by atoms with Crippen molar-refractivity contribution in [2.75, 3.05) is 0 Å². The normalized spacial score (nSPS) is 10.1. The number of fused-ring (bicyclic) bond motifs is 1. The van der Waals surface area contributed by atoms with E-state index in [0.29, 0.717) is 5.56 Å². The second kappa shape index (κ2) is 4.75. The zero-order valence-corrected chi connectivity index (χ0v) is 9.60. The van der Waals surface area contributed by atoms with Gasteiger partial charge in [-0.25, -0.2) is 0 Å². The second-order valence-corrected chi connectivity index (χ2v) is 3.94. The fourth-order valence-corrected chi connectivity index (χ4v) is 1.71. The molecule has 0 spiro atoms. The number of carbonyl (C=O) groups is 1. The number of hydrogen-bond donors (Lipinski definition) is 0. The Balaban J connectivity index is 2.35. The van der Waals surface area contributed by atoms with Crippen LogP contribution in [0.3, 0.4) is 0 Å². The third kappa shape index (κ3) is 2.48. The van der Waals surface area contributed by atoms with Gasteiger partial charge < -0.3 is 0 Å². The fraction of sp³-hybridized carbons (Fsp3) is 0.214. The van der Waals surface area contributed by atoms with E-state index in [1.54, 1.807) is 6.07 Å². The van der Waals surface area contributed by atoms with Gasteiger partial charge in [0.2, 0.25) is 0 Å². The summed E-state index contributed by atoms with van der Waals surface area (Å²) >= 11 is 0. The largest absolute Gasteiger partial charge is 0.294 e. The van der Waals surface area contributed by atoms with Gasteiger partial charge in [-0.05, 0) is 31.2 Å². The van der Waals surface area contributed by atoms with Crippen LogP contribution in [0.5, 0.6) is 0 Å². The van der Waals surface area contributed by atoms with Crippen LogP contribution >= 0.6 is 0 Å². The third-order valence-electron chi connectivity index (χ3n) is 2.61. The monoisotopic (exact) mass is 224 g/mol. The van der Waals surface area contributed by atoms with Crippen molar-refractivity contribution in [3.05, 3.63) is 41.6 Å². The van der Waals surface area contributed by atoms with E-state index in [1.807, 2.05) is 37.3 Å². The molecule has 0 N–H and O–H groups in total. The molecule has 3 heteroatoms. The molecule has 2 aromatic rings. The number of ketones is 1. The first-order chi connectivity index (χ1) is 8.20. The van der Waals surface area contributed by atoms with Gasteiger partial charge in [-0.2, -0.15) is 5.26 Å². The van der Waals surface area contributed by atoms with E-state index in [0.717, 1.165) is 16.6 Å². The van der Waals surface area contributed by atoms with E-state index in [9.17, 15) is 4.79 Å². The molecule has 0 radical (unpaired) electrons. The Morgan fingerprint density at radius 1 is 1.35 bits per heavy atom. The third-order valence-corrected chi connectivity index (χ3v) is 2.61. The van der Waals surface area contributed by atoms with E-state index in [-0.39, 0.29) is 18.6 Å². The maximum atomic E-state index is 11.7. The molecule has 0 saturated carbocycles. The molecule has 1 aromatic heterocycles. The number of carbonyl (C=O) groups excluding carboxylic acids is 1. The van der Waals surface area contributed by atoms with Crippen LogP contribution in [0.25, 0.3) is 10.9 Å². The molecule has 0 unspecified atom stereocenters. The lowest BCUT2D eigenvalue weighted by molar-refractivity contribution is 0.0984. The Labute approximate surface area is 99.7 Å². The fourth-order valence-electron chi connectivity index (χ4n) is 1.71.